The number of aryl methyl sites for hydroxylation is 1. The first-order chi connectivity index (χ1) is 16.0. The van der Waals surface area contributed by atoms with Gasteiger partial charge >= 0.3 is 6.61 Å². The van der Waals surface area contributed by atoms with Crippen LogP contribution in [-0.2, 0) is 11.2 Å². The van der Waals surface area contributed by atoms with Gasteiger partial charge in [0.05, 0.1) is 18.1 Å². The summed E-state index contributed by atoms with van der Waals surface area (Å²) < 4.78 is 35.6. The van der Waals surface area contributed by atoms with E-state index < -0.39 is 6.61 Å². The van der Waals surface area contributed by atoms with E-state index in [2.05, 4.69) is 20.0 Å². The molecule has 0 aliphatic heterocycles. The van der Waals surface area contributed by atoms with E-state index in [4.69, 9.17) is 4.74 Å². The van der Waals surface area contributed by atoms with Crippen LogP contribution < -0.4 is 14.8 Å². The highest BCUT2D eigenvalue weighted by molar-refractivity contribution is 5.92. The number of fused-ring (bicyclic) bond motifs is 1. The van der Waals surface area contributed by atoms with Crippen LogP contribution in [0.1, 0.15) is 18.7 Å². The number of imidazole rings is 1. The van der Waals surface area contributed by atoms with E-state index in [-0.39, 0.29) is 11.7 Å². The number of H-pyrrole nitrogens is 1. The monoisotopic (exact) mass is 451 g/mol. The quantitative estimate of drug-likeness (QED) is 0.337. The molecule has 4 aromatic rings. The lowest BCUT2D eigenvalue weighted by Gasteiger charge is -2.14. The number of alkyl halides is 2. The molecule has 33 heavy (non-hydrogen) atoms. The van der Waals surface area contributed by atoms with Crippen LogP contribution in [0.25, 0.3) is 22.2 Å². The molecule has 0 unspecified atom stereocenters. The third kappa shape index (κ3) is 5.65. The van der Waals surface area contributed by atoms with Crippen molar-refractivity contribution in [2.24, 2.45) is 0 Å². The van der Waals surface area contributed by atoms with E-state index in [1.54, 1.807) is 43.5 Å². The molecule has 0 bridgehead atoms. The van der Waals surface area contributed by atoms with Gasteiger partial charge in [-0.15, -0.1) is 0 Å². The van der Waals surface area contributed by atoms with Crippen LogP contribution in [0, 0.1) is 0 Å². The predicted octanol–water partition coefficient (Wildman–Crippen LogP) is 5.80. The zero-order valence-corrected chi connectivity index (χ0v) is 18.0. The van der Waals surface area contributed by atoms with Gasteiger partial charge in [-0.2, -0.15) is 8.78 Å². The van der Waals surface area contributed by atoms with Crippen molar-refractivity contribution < 1.29 is 23.0 Å². The number of nitrogens with one attached hydrogen (secondary N) is 2. The van der Waals surface area contributed by atoms with Gasteiger partial charge in [0.25, 0.3) is 0 Å². The fourth-order valence-corrected chi connectivity index (χ4v) is 3.57. The summed E-state index contributed by atoms with van der Waals surface area (Å²) in [5.74, 6) is 1.33. The summed E-state index contributed by atoms with van der Waals surface area (Å²) in [6.07, 6.45) is 1.55. The van der Waals surface area contributed by atoms with Crippen LogP contribution in [0.4, 0.5) is 14.5 Å². The Morgan fingerprint density at radius 3 is 2.61 bits per heavy atom. The Morgan fingerprint density at radius 1 is 1.09 bits per heavy atom. The van der Waals surface area contributed by atoms with Crippen LogP contribution in [0.3, 0.4) is 0 Å². The van der Waals surface area contributed by atoms with Gasteiger partial charge in [-0.05, 0) is 54.4 Å². The van der Waals surface area contributed by atoms with Crippen molar-refractivity contribution in [3.8, 4) is 22.6 Å². The normalized spacial score (nSPS) is 11.0. The Bertz CT molecular complexity index is 1210. The van der Waals surface area contributed by atoms with Crippen LogP contribution in [-0.4, -0.2) is 29.6 Å². The van der Waals surface area contributed by atoms with E-state index in [1.165, 1.54) is 6.07 Å². The number of benzene rings is 3. The van der Waals surface area contributed by atoms with Crippen LogP contribution >= 0.6 is 0 Å². The number of carbonyl (C=O) groups excluding carboxylic acids is 1. The minimum absolute atomic E-state index is 0.0260. The van der Waals surface area contributed by atoms with Gasteiger partial charge < -0.3 is 19.8 Å². The van der Waals surface area contributed by atoms with Crippen molar-refractivity contribution in [1.82, 2.24) is 9.97 Å². The first kappa shape index (κ1) is 22.3. The molecule has 0 saturated carbocycles. The molecule has 8 heteroatoms. The average molecular weight is 451 g/mol. The molecule has 4 rings (SSSR count). The van der Waals surface area contributed by atoms with Crippen molar-refractivity contribution >= 4 is 22.6 Å². The molecule has 0 fully saturated rings. The average Bonchev–Trinajstić information content (AvgIpc) is 3.22. The Labute approximate surface area is 189 Å². The number of aromatic nitrogens is 2. The third-order valence-electron chi connectivity index (χ3n) is 5.14. The number of halogens is 2. The molecule has 1 aromatic heterocycles. The van der Waals surface area contributed by atoms with Gasteiger partial charge in [0.1, 0.15) is 17.3 Å². The summed E-state index contributed by atoms with van der Waals surface area (Å²) in [6, 6.07) is 19.3. The summed E-state index contributed by atoms with van der Waals surface area (Å²) in [5.41, 5.74) is 3.46. The number of rotatable bonds is 9. The van der Waals surface area contributed by atoms with Crippen LogP contribution in [0.5, 0.6) is 11.5 Å². The molecule has 1 amide bonds. The molecule has 0 atom stereocenters. The highest BCUT2D eigenvalue weighted by atomic mass is 19.3. The molecule has 170 valence electrons. The topological polar surface area (TPSA) is 76.2 Å². The van der Waals surface area contributed by atoms with E-state index in [9.17, 15) is 13.6 Å². The Morgan fingerprint density at radius 2 is 1.88 bits per heavy atom. The fraction of sp³-hybridized carbons (Fsp3) is 0.200. The first-order valence-corrected chi connectivity index (χ1v) is 10.5. The number of ether oxygens (including phenoxy) is 2. The number of hydrogen-bond acceptors (Lipinski definition) is 4. The van der Waals surface area contributed by atoms with Crippen molar-refractivity contribution in [2.45, 2.75) is 25.9 Å². The fourth-order valence-electron chi connectivity index (χ4n) is 3.57. The Kier molecular flexibility index (Phi) is 6.83. The molecule has 2 N–H and O–H groups in total. The predicted molar refractivity (Wildman–Crippen MR) is 123 cm³/mol. The summed E-state index contributed by atoms with van der Waals surface area (Å²) in [7, 11) is 1.55. The highest BCUT2D eigenvalue weighted by Gasteiger charge is 2.14. The lowest BCUT2D eigenvalue weighted by molar-refractivity contribution is -0.116. The lowest BCUT2D eigenvalue weighted by Crippen LogP contribution is -2.12. The maximum absolute atomic E-state index is 12.9. The zero-order chi connectivity index (χ0) is 23.2. The van der Waals surface area contributed by atoms with Gasteiger partial charge in [0, 0.05) is 24.1 Å². The van der Waals surface area contributed by atoms with Gasteiger partial charge in [-0.25, -0.2) is 4.98 Å². The number of nitrogens with zero attached hydrogens (tertiary/aromatic N) is 1. The number of carbonyl (C=O) groups is 1. The summed E-state index contributed by atoms with van der Waals surface area (Å²) in [4.78, 5) is 20.2. The molecule has 0 saturated heterocycles. The minimum Gasteiger partial charge on any atom is -0.497 e. The Balaban J connectivity index is 1.42. The van der Waals surface area contributed by atoms with Crippen molar-refractivity contribution in [2.75, 3.05) is 12.4 Å². The second-order valence-electron chi connectivity index (χ2n) is 7.42. The molecule has 0 spiro atoms. The molecule has 0 aliphatic rings. The number of hydrogen-bond donors (Lipinski definition) is 2. The van der Waals surface area contributed by atoms with Crippen LogP contribution in [0.2, 0.25) is 0 Å². The molecule has 0 radical (unpaired) electrons. The van der Waals surface area contributed by atoms with Crippen molar-refractivity contribution in [3.05, 3.63) is 72.6 Å². The molecule has 6 nitrogen and oxygen atoms in total. The van der Waals surface area contributed by atoms with Crippen molar-refractivity contribution in [1.29, 1.82) is 0 Å². The number of methoxy groups -OCH3 is 1. The maximum atomic E-state index is 12.9. The van der Waals surface area contributed by atoms with Gasteiger partial charge in [0.2, 0.25) is 5.91 Å². The summed E-state index contributed by atoms with van der Waals surface area (Å²) >= 11 is 0. The minimum atomic E-state index is -2.96. The first-order valence-electron chi connectivity index (χ1n) is 10.5. The standard InChI is InChI=1S/C25H23F2N3O3/c1-32-18-12-9-16(10-13-18)19-15-17(11-14-22(19)33-25(26)27)28-24(31)8-4-7-23-29-20-5-2-3-6-21(20)30-23/h2-3,5-6,9-15,25H,4,7-8H2,1H3,(H,28,31)(H,29,30). The SMILES string of the molecule is COc1ccc(-c2cc(NC(=O)CCCc3nc4ccccc4[nH]3)ccc2OC(F)F)cc1. The molecular formula is C25H23F2N3O3. The van der Waals surface area contributed by atoms with Gasteiger partial charge in [0.15, 0.2) is 0 Å². The molecular weight excluding hydrogens is 428 g/mol. The van der Waals surface area contributed by atoms with E-state index in [0.717, 1.165) is 16.9 Å². The smallest absolute Gasteiger partial charge is 0.387 e. The van der Waals surface area contributed by atoms with E-state index in [1.807, 2.05) is 24.3 Å². The second-order valence-corrected chi connectivity index (χ2v) is 7.42. The van der Waals surface area contributed by atoms with Gasteiger partial charge in [-0.1, -0.05) is 24.3 Å². The molecule has 0 aliphatic carbocycles. The molecule has 3 aromatic carbocycles. The van der Waals surface area contributed by atoms with Crippen molar-refractivity contribution in [3.63, 3.8) is 0 Å². The number of amides is 1. The van der Waals surface area contributed by atoms with Gasteiger partial charge in [-0.3, -0.25) is 4.79 Å². The molecule has 1 heterocycles. The Hall–Kier alpha value is -3.94. The summed E-state index contributed by atoms with van der Waals surface area (Å²) in [6.45, 7) is -2.96. The lowest BCUT2D eigenvalue weighted by atomic mass is 10.0. The highest BCUT2D eigenvalue weighted by Crippen LogP contribution is 2.34. The number of aromatic amines is 1. The second kappa shape index (κ2) is 10.1. The van der Waals surface area contributed by atoms with Crippen LogP contribution in [0.15, 0.2) is 66.7 Å². The zero-order valence-electron chi connectivity index (χ0n) is 18.0. The number of para-hydroxylation sites is 2. The third-order valence-corrected chi connectivity index (χ3v) is 5.14. The van der Waals surface area contributed by atoms with E-state index in [0.29, 0.717) is 41.8 Å². The largest absolute Gasteiger partial charge is 0.497 e. The summed E-state index contributed by atoms with van der Waals surface area (Å²) in [5, 5.41) is 2.83. The maximum Gasteiger partial charge on any atom is 0.387 e. The van der Waals surface area contributed by atoms with E-state index >= 15 is 0 Å². The number of anilines is 1.